The SMILES string of the molecule is CCCNC(c1ccc(OC)cc1C)c1cc(Br)sc1Br. The van der Waals surface area contributed by atoms with Crippen molar-refractivity contribution in [3.05, 3.63) is 48.5 Å². The van der Waals surface area contributed by atoms with E-state index in [1.54, 1.807) is 18.4 Å². The van der Waals surface area contributed by atoms with E-state index in [0.29, 0.717) is 0 Å². The summed E-state index contributed by atoms with van der Waals surface area (Å²) < 4.78 is 7.61. The molecule has 114 valence electrons. The molecule has 0 aliphatic rings. The number of benzene rings is 1. The summed E-state index contributed by atoms with van der Waals surface area (Å²) in [4.78, 5) is 0. The van der Waals surface area contributed by atoms with Gasteiger partial charge < -0.3 is 10.1 Å². The maximum absolute atomic E-state index is 5.31. The zero-order valence-corrected chi connectivity index (χ0v) is 16.4. The Bertz CT molecular complexity index is 612. The molecule has 0 aliphatic carbocycles. The molecule has 2 nitrogen and oxygen atoms in total. The van der Waals surface area contributed by atoms with Crippen LogP contribution in [0.1, 0.15) is 36.1 Å². The standard InChI is InChI=1S/C16H19Br2NOS/c1-4-7-19-15(13-9-14(17)21-16(13)18)12-6-5-11(20-3)8-10(12)2/h5-6,8-9,15,19H,4,7H2,1-3H3. The molecule has 0 spiro atoms. The fourth-order valence-electron chi connectivity index (χ4n) is 2.32. The lowest BCUT2D eigenvalue weighted by molar-refractivity contribution is 0.414. The molecule has 0 saturated carbocycles. The molecule has 5 heteroatoms. The molecular weight excluding hydrogens is 414 g/mol. The molecule has 0 fully saturated rings. The Balaban J connectivity index is 2.42. The maximum Gasteiger partial charge on any atom is 0.119 e. The number of aryl methyl sites for hydroxylation is 1. The van der Waals surface area contributed by atoms with E-state index in [2.05, 4.69) is 69.2 Å². The highest BCUT2D eigenvalue weighted by Gasteiger charge is 2.20. The number of hydrogen-bond acceptors (Lipinski definition) is 3. The van der Waals surface area contributed by atoms with Crippen LogP contribution in [0.25, 0.3) is 0 Å². The zero-order valence-electron chi connectivity index (χ0n) is 12.4. The van der Waals surface area contributed by atoms with Gasteiger partial charge in [-0.25, -0.2) is 0 Å². The molecule has 1 unspecified atom stereocenters. The van der Waals surface area contributed by atoms with Crippen molar-refractivity contribution in [1.29, 1.82) is 0 Å². The number of rotatable bonds is 6. The lowest BCUT2D eigenvalue weighted by Gasteiger charge is -2.21. The molecule has 0 amide bonds. The van der Waals surface area contributed by atoms with E-state index in [1.807, 2.05) is 6.07 Å². The van der Waals surface area contributed by atoms with Crippen LogP contribution in [0.3, 0.4) is 0 Å². The van der Waals surface area contributed by atoms with Crippen LogP contribution in [0, 0.1) is 6.92 Å². The second-order valence-electron chi connectivity index (χ2n) is 4.89. The quantitative estimate of drug-likeness (QED) is 0.633. The smallest absolute Gasteiger partial charge is 0.119 e. The fourth-order valence-corrected chi connectivity index (χ4v) is 5.23. The maximum atomic E-state index is 5.31. The minimum absolute atomic E-state index is 0.188. The molecule has 2 aromatic rings. The summed E-state index contributed by atoms with van der Waals surface area (Å²) in [6.45, 7) is 5.30. The Morgan fingerprint density at radius 2 is 2.00 bits per heavy atom. The Kier molecular flexibility index (Phi) is 6.29. The Hall–Kier alpha value is -0.360. The topological polar surface area (TPSA) is 21.3 Å². The Morgan fingerprint density at radius 3 is 2.52 bits per heavy atom. The summed E-state index contributed by atoms with van der Waals surface area (Å²) in [5, 5.41) is 3.65. The number of methoxy groups -OCH3 is 1. The molecule has 1 atom stereocenters. The second-order valence-corrected chi connectivity index (χ2v) is 8.64. The van der Waals surface area contributed by atoms with Gasteiger partial charge in [-0.1, -0.05) is 13.0 Å². The van der Waals surface area contributed by atoms with Gasteiger partial charge in [0.1, 0.15) is 5.75 Å². The van der Waals surface area contributed by atoms with Gasteiger partial charge in [-0.15, -0.1) is 11.3 Å². The van der Waals surface area contributed by atoms with Crippen LogP contribution >= 0.6 is 43.2 Å². The van der Waals surface area contributed by atoms with Crippen LogP contribution in [-0.2, 0) is 0 Å². The molecule has 1 aromatic carbocycles. The molecule has 21 heavy (non-hydrogen) atoms. The number of nitrogens with one attached hydrogen (secondary N) is 1. The van der Waals surface area contributed by atoms with E-state index in [4.69, 9.17) is 4.74 Å². The van der Waals surface area contributed by atoms with Crippen LogP contribution in [-0.4, -0.2) is 13.7 Å². The normalized spacial score (nSPS) is 12.4. The van der Waals surface area contributed by atoms with E-state index < -0.39 is 0 Å². The van der Waals surface area contributed by atoms with Gasteiger partial charge in [0, 0.05) is 0 Å². The van der Waals surface area contributed by atoms with Crippen LogP contribution in [0.15, 0.2) is 31.8 Å². The number of halogens is 2. The third kappa shape index (κ3) is 4.09. The third-order valence-corrected chi connectivity index (χ3v) is 5.77. The second kappa shape index (κ2) is 7.77. The van der Waals surface area contributed by atoms with Crippen molar-refractivity contribution in [1.82, 2.24) is 5.32 Å². The molecule has 0 radical (unpaired) electrons. The van der Waals surface area contributed by atoms with Gasteiger partial charge >= 0.3 is 0 Å². The minimum Gasteiger partial charge on any atom is -0.497 e. The van der Waals surface area contributed by atoms with Crippen LogP contribution in [0.4, 0.5) is 0 Å². The highest BCUT2D eigenvalue weighted by atomic mass is 79.9. The van der Waals surface area contributed by atoms with Crippen molar-refractivity contribution in [2.45, 2.75) is 26.3 Å². The monoisotopic (exact) mass is 431 g/mol. The lowest BCUT2D eigenvalue weighted by atomic mass is 9.96. The molecule has 2 rings (SSSR count). The predicted molar refractivity (Wildman–Crippen MR) is 97.6 cm³/mol. The van der Waals surface area contributed by atoms with Gasteiger partial charge in [0.2, 0.25) is 0 Å². The molecule has 1 heterocycles. The van der Waals surface area contributed by atoms with E-state index in [-0.39, 0.29) is 6.04 Å². The van der Waals surface area contributed by atoms with Crippen molar-refractivity contribution in [2.75, 3.05) is 13.7 Å². The van der Waals surface area contributed by atoms with Gasteiger partial charge in [0.15, 0.2) is 0 Å². The molecule has 0 aliphatic heterocycles. The van der Waals surface area contributed by atoms with Crippen molar-refractivity contribution in [3.8, 4) is 5.75 Å². The third-order valence-electron chi connectivity index (χ3n) is 3.38. The Labute approximate surface area is 147 Å². The van der Waals surface area contributed by atoms with Gasteiger partial charge in [-0.2, -0.15) is 0 Å². The van der Waals surface area contributed by atoms with Crippen molar-refractivity contribution >= 4 is 43.2 Å². The number of hydrogen-bond donors (Lipinski definition) is 1. The van der Waals surface area contributed by atoms with Gasteiger partial charge in [0.25, 0.3) is 0 Å². The minimum atomic E-state index is 0.188. The average molecular weight is 433 g/mol. The highest BCUT2D eigenvalue weighted by Crippen LogP contribution is 2.39. The number of ether oxygens (including phenoxy) is 1. The van der Waals surface area contributed by atoms with Gasteiger partial charge in [-0.05, 0) is 86.6 Å². The summed E-state index contributed by atoms with van der Waals surface area (Å²) in [6.07, 6.45) is 1.11. The first-order valence-electron chi connectivity index (χ1n) is 6.89. The molecule has 0 bridgehead atoms. The van der Waals surface area contributed by atoms with E-state index in [0.717, 1.165) is 26.3 Å². The molecule has 1 aromatic heterocycles. The summed E-state index contributed by atoms with van der Waals surface area (Å²) in [7, 11) is 1.70. The molecular formula is C16H19Br2NOS. The van der Waals surface area contributed by atoms with E-state index in [1.165, 1.54) is 16.7 Å². The first-order valence-corrected chi connectivity index (χ1v) is 9.29. The largest absolute Gasteiger partial charge is 0.497 e. The average Bonchev–Trinajstić information content (AvgIpc) is 2.79. The van der Waals surface area contributed by atoms with Crippen molar-refractivity contribution in [3.63, 3.8) is 0 Å². The Morgan fingerprint density at radius 1 is 1.24 bits per heavy atom. The molecule has 0 saturated heterocycles. The van der Waals surface area contributed by atoms with Gasteiger partial charge in [-0.3, -0.25) is 0 Å². The zero-order chi connectivity index (χ0) is 15.4. The van der Waals surface area contributed by atoms with Gasteiger partial charge in [0.05, 0.1) is 20.7 Å². The van der Waals surface area contributed by atoms with E-state index >= 15 is 0 Å². The summed E-state index contributed by atoms with van der Waals surface area (Å²) in [5.41, 5.74) is 3.79. The lowest BCUT2D eigenvalue weighted by Crippen LogP contribution is -2.23. The van der Waals surface area contributed by atoms with Crippen LogP contribution in [0.5, 0.6) is 5.75 Å². The van der Waals surface area contributed by atoms with E-state index in [9.17, 15) is 0 Å². The first-order chi connectivity index (χ1) is 10.1. The first kappa shape index (κ1) is 17.0. The van der Waals surface area contributed by atoms with Crippen molar-refractivity contribution in [2.24, 2.45) is 0 Å². The molecule has 1 N–H and O–H groups in total. The van der Waals surface area contributed by atoms with Crippen molar-refractivity contribution < 1.29 is 4.74 Å². The van der Waals surface area contributed by atoms with Crippen LogP contribution < -0.4 is 10.1 Å². The summed E-state index contributed by atoms with van der Waals surface area (Å²) in [5.74, 6) is 0.899. The summed E-state index contributed by atoms with van der Waals surface area (Å²) in [6, 6.07) is 8.64. The highest BCUT2D eigenvalue weighted by molar-refractivity contribution is 9.12. The summed E-state index contributed by atoms with van der Waals surface area (Å²) >= 11 is 8.97. The fraction of sp³-hybridized carbons (Fsp3) is 0.375. The predicted octanol–water partition coefficient (Wildman–Crippen LogP) is 5.68. The van der Waals surface area contributed by atoms with Crippen LogP contribution in [0.2, 0.25) is 0 Å². The number of thiophene rings is 1.